The van der Waals surface area contributed by atoms with Crippen molar-refractivity contribution in [2.75, 3.05) is 18.8 Å². The van der Waals surface area contributed by atoms with Gasteiger partial charge in [-0.25, -0.2) is 13.1 Å². The smallest absolute Gasteiger partial charge is 0.213 e. The second-order valence-corrected chi connectivity index (χ2v) is 6.84. The summed E-state index contributed by atoms with van der Waals surface area (Å²) in [4.78, 5) is 0. The molecule has 102 valence electrons. The summed E-state index contributed by atoms with van der Waals surface area (Å²) in [6.45, 7) is 5.55. The normalized spacial score (nSPS) is 18.2. The van der Waals surface area contributed by atoms with E-state index in [1.807, 2.05) is 6.92 Å². The van der Waals surface area contributed by atoms with Crippen LogP contribution >= 0.6 is 0 Å². The molecule has 1 fully saturated rings. The van der Waals surface area contributed by atoms with Crippen LogP contribution in [-0.4, -0.2) is 33.3 Å². The highest BCUT2D eigenvalue weighted by Crippen LogP contribution is 2.34. The van der Waals surface area contributed by atoms with Gasteiger partial charge in [0.05, 0.1) is 5.75 Å². The quantitative estimate of drug-likeness (QED) is 0.586. The molecule has 1 atom stereocenters. The lowest BCUT2D eigenvalue weighted by molar-refractivity contribution is 0.494. The van der Waals surface area contributed by atoms with Crippen LogP contribution in [0.1, 0.15) is 46.0 Å². The van der Waals surface area contributed by atoms with E-state index in [1.54, 1.807) is 0 Å². The van der Waals surface area contributed by atoms with Crippen LogP contribution in [0.25, 0.3) is 0 Å². The first kappa shape index (κ1) is 14.9. The van der Waals surface area contributed by atoms with Gasteiger partial charge >= 0.3 is 0 Å². The summed E-state index contributed by atoms with van der Waals surface area (Å²) in [5, 5.41) is 3.12. The molecule has 1 unspecified atom stereocenters. The molecule has 0 aliphatic heterocycles. The van der Waals surface area contributed by atoms with Crippen molar-refractivity contribution in [3.8, 4) is 0 Å². The van der Waals surface area contributed by atoms with Crippen LogP contribution in [0.4, 0.5) is 0 Å². The molecule has 1 aliphatic carbocycles. The predicted octanol–water partition coefficient (Wildman–Crippen LogP) is 1.48. The number of hydrogen-bond donors (Lipinski definition) is 2. The summed E-state index contributed by atoms with van der Waals surface area (Å²) in [6.07, 6.45) is 5.48. The minimum absolute atomic E-state index is 0.138. The van der Waals surface area contributed by atoms with Crippen molar-refractivity contribution in [2.45, 2.75) is 52.0 Å². The van der Waals surface area contributed by atoms with Crippen LogP contribution in [0.15, 0.2) is 0 Å². The zero-order chi connectivity index (χ0) is 12.7. The van der Waals surface area contributed by atoms with Gasteiger partial charge in [0.2, 0.25) is 10.0 Å². The van der Waals surface area contributed by atoms with Gasteiger partial charge in [0, 0.05) is 12.6 Å². The number of nitrogens with one attached hydrogen (secondary N) is 2. The highest BCUT2D eigenvalue weighted by Gasteiger charge is 2.26. The Morgan fingerprint density at radius 1 is 1.24 bits per heavy atom. The third-order valence-electron chi connectivity index (χ3n) is 3.13. The van der Waals surface area contributed by atoms with E-state index in [9.17, 15) is 8.42 Å². The van der Waals surface area contributed by atoms with Crippen LogP contribution in [0.5, 0.6) is 0 Å². The molecule has 1 aliphatic rings. The first-order valence-corrected chi connectivity index (χ1v) is 8.43. The molecular formula is C12H26N2O2S. The maximum atomic E-state index is 11.8. The predicted molar refractivity (Wildman–Crippen MR) is 71.5 cm³/mol. The summed E-state index contributed by atoms with van der Waals surface area (Å²) in [7, 11) is -3.10. The van der Waals surface area contributed by atoms with Crippen molar-refractivity contribution in [2.24, 2.45) is 5.92 Å². The van der Waals surface area contributed by atoms with E-state index in [-0.39, 0.29) is 11.8 Å². The third-order valence-corrected chi connectivity index (χ3v) is 4.56. The molecule has 0 aromatic carbocycles. The van der Waals surface area contributed by atoms with Crippen LogP contribution in [0.2, 0.25) is 0 Å². The van der Waals surface area contributed by atoms with E-state index < -0.39 is 10.0 Å². The Bertz CT molecular complexity index is 300. The third kappa shape index (κ3) is 7.01. The molecule has 0 amide bonds. The maximum absolute atomic E-state index is 11.8. The van der Waals surface area contributed by atoms with Crippen molar-refractivity contribution in [3.05, 3.63) is 0 Å². The lowest BCUT2D eigenvalue weighted by Crippen LogP contribution is -2.38. The van der Waals surface area contributed by atoms with Crippen LogP contribution in [0, 0.1) is 5.92 Å². The van der Waals surface area contributed by atoms with E-state index >= 15 is 0 Å². The van der Waals surface area contributed by atoms with Crippen molar-refractivity contribution >= 4 is 10.0 Å². The van der Waals surface area contributed by atoms with Crippen LogP contribution < -0.4 is 10.0 Å². The van der Waals surface area contributed by atoms with E-state index in [4.69, 9.17) is 0 Å². The molecular weight excluding hydrogens is 236 g/mol. The summed E-state index contributed by atoms with van der Waals surface area (Å²) in [5.74, 6) is 0.953. The summed E-state index contributed by atoms with van der Waals surface area (Å²) < 4.78 is 26.5. The highest BCUT2D eigenvalue weighted by atomic mass is 32.2. The second-order valence-electron chi connectivity index (χ2n) is 4.97. The Hall–Kier alpha value is -0.130. The van der Waals surface area contributed by atoms with Crippen molar-refractivity contribution in [3.63, 3.8) is 0 Å². The minimum Gasteiger partial charge on any atom is -0.316 e. The van der Waals surface area contributed by atoms with Crippen molar-refractivity contribution < 1.29 is 8.42 Å². The van der Waals surface area contributed by atoms with Crippen LogP contribution in [-0.2, 0) is 10.0 Å². The van der Waals surface area contributed by atoms with E-state index in [2.05, 4.69) is 17.0 Å². The van der Waals surface area contributed by atoms with Crippen LogP contribution in [0.3, 0.4) is 0 Å². The van der Waals surface area contributed by atoms with E-state index in [1.165, 1.54) is 12.8 Å². The summed E-state index contributed by atoms with van der Waals surface area (Å²) >= 11 is 0. The molecule has 0 heterocycles. The molecule has 0 bridgehead atoms. The highest BCUT2D eigenvalue weighted by molar-refractivity contribution is 7.89. The van der Waals surface area contributed by atoms with Crippen molar-refractivity contribution in [1.29, 1.82) is 0 Å². The Morgan fingerprint density at radius 2 is 1.94 bits per heavy atom. The van der Waals surface area contributed by atoms with Gasteiger partial charge in [0.1, 0.15) is 0 Å². The van der Waals surface area contributed by atoms with E-state index in [0.29, 0.717) is 6.54 Å². The molecule has 4 nitrogen and oxygen atoms in total. The molecule has 0 radical (unpaired) electrons. The lowest BCUT2D eigenvalue weighted by atomic mass is 10.1. The first-order valence-electron chi connectivity index (χ1n) is 6.78. The molecule has 0 aromatic heterocycles. The standard InChI is InChI=1S/C12H26N2O2S/c1-3-7-13-8-9-17(15,16)14-12(4-2)10-11-5-6-11/h11-14H,3-10H2,1-2H3. The molecule has 0 aromatic rings. The second kappa shape index (κ2) is 7.34. The summed E-state index contributed by atoms with van der Waals surface area (Å²) in [5.41, 5.74) is 0. The molecule has 5 heteroatoms. The van der Waals surface area contributed by atoms with Gasteiger partial charge in [-0.2, -0.15) is 0 Å². The fourth-order valence-electron chi connectivity index (χ4n) is 1.88. The first-order chi connectivity index (χ1) is 8.07. The topological polar surface area (TPSA) is 58.2 Å². The van der Waals surface area contributed by atoms with Gasteiger partial charge in [-0.1, -0.05) is 26.7 Å². The van der Waals surface area contributed by atoms with Gasteiger partial charge in [0.15, 0.2) is 0 Å². The Morgan fingerprint density at radius 3 is 2.47 bits per heavy atom. The molecule has 1 rings (SSSR count). The Kier molecular flexibility index (Phi) is 6.44. The SMILES string of the molecule is CCCNCCS(=O)(=O)NC(CC)CC1CC1. The zero-order valence-electron chi connectivity index (χ0n) is 11.0. The maximum Gasteiger partial charge on any atom is 0.213 e. The molecule has 0 spiro atoms. The monoisotopic (exact) mass is 262 g/mol. The van der Waals surface area contributed by atoms with Gasteiger partial charge in [-0.3, -0.25) is 0 Å². The van der Waals surface area contributed by atoms with Gasteiger partial charge in [0.25, 0.3) is 0 Å². The lowest BCUT2D eigenvalue weighted by Gasteiger charge is -2.16. The minimum atomic E-state index is -3.10. The Balaban J connectivity index is 2.24. The summed E-state index contributed by atoms with van der Waals surface area (Å²) in [6, 6.07) is 0.138. The number of hydrogen-bond acceptors (Lipinski definition) is 3. The molecule has 2 N–H and O–H groups in total. The Labute approximate surface area is 106 Å². The fraction of sp³-hybridized carbons (Fsp3) is 1.00. The molecule has 0 saturated heterocycles. The van der Waals surface area contributed by atoms with E-state index in [0.717, 1.165) is 31.7 Å². The fourth-order valence-corrected chi connectivity index (χ4v) is 3.18. The van der Waals surface area contributed by atoms with Gasteiger partial charge < -0.3 is 5.32 Å². The molecule has 17 heavy (non-hydrogen) atoms. The number of rotatable bonds is 10. The molecule has 1 saturated carbocycles. The van der Waals surface area contributed by atoms with Gasteiger partial charge in [-0.15, -0.1) is 0 Å². The number of sulfonamides is 1. The average Bonchev–Trinajstić information content (AvgIpc) is 3.07. The largest absolute Gasteiger partial charge is 0.316 e. The van der Waals surface area contributed by atoms with Gasteiger partial charge in [-0.05, 0) is 31.7 Å². The van der Waals surface area contributed by atoms with Crippen molar-refractivity contribution in [1.82, 2.24) is 10.0 Å². The zero-order valence-corrected chi connectivity index (χ0v) is 11.9. The average molecular weight is 262 g/mol.